The normalized spacial score (nSPS) is 27.2. The average Bonchev–Trinajstić information content (AvgIpc) is 3.12. The molecule has 9 nitrogen and oxygen atoms in total. The number of ether oxygens (including phenoxy) is 2. The largest absolute Gasteiger partial charge is 0.504 e. The van der Waals surface area contributed by atoms with Crippen LogP contribution >= 0.6 is 0 Å². The Morgan fingerprint density at radius 3 is 2.58 bits per heavy atom. The lowest BCUT2D eigenvalue weighted by Gasteiger charge is -2.42. The van der Waals surface area contributed by atoms with Gasteiger partial charge in [-0.3, -0.25) is 19.2 Å². The second kappa shape index (κ2) is 8.58. The number of phenols is 1. The number of carbonyl (C=O) groups is 5. The van der Waals surface area contributed by atoms with Crippen molar-refractivity contribution in [1.29, 1.82) is 0 Å². The average molecular weight is 491 g/mol. The topological polar surface area (TPSA) is 127 Å². The van der Waals surface area contributed by atoms with Crippen LogP contribution in [0.5, 0.6) is 11.5 Å². The first-order valence-electron chi connectivity index (χ1n) is 11.8. The van der Waals surface area contributed by atoms with Crippen LogP contribution < -0.4 is 4.74 Å². The Morgan fingerprint density at radius 1 is 1.14 bits per heavy atom. The predicted molar refractivity (Wildman–Crippen MR) is 125 cm³/mol. The molecule has 1 saturated heterocycles. The highest BCUT2D eigenvalue weighted by atomic mass is 16.5. The van der Waals surface area contributed by atoms with Crippen LogP contribution in [0.2, 0.25) is 0 Å². The van der Waals surface area contributed by atoms with Gasteiger partial charge in [0.1, 0.15) is 0 Å². The number of Topliss-reactive ketones (excluding diaryl/α,β-unsaturated/α-hetero) is 1. The minimum absolute atomic E-state index is 0.0627. The fourth-order valence-corrected chi connectivity index (χ4v) is 5.99. The molecule has 0 radical (unpaired) electrons. The predicted octanol–water partition coefficient (Wildman–Crippen LogP) is 2.99. The molecule has 0 unspecified atom stereocenters. The molecule has 1 N–H and O–H groups in total. The molecule has 36 heavy (non-hydrogen) atoms. The summed E-state index contributed by atoms with van der Waals surface area (Å²) in [7, 11) is 1.10. The third-order valence-electron chi connectivity index (χ3n) is 7.54. The van der Waals surface area contributed by atoms with E-state index in [0.717, 1.165) is 12.7 Å². The van der Waals surface area contributed by atoms with Gasteiger partial charge in [0.15, 0.2) is 23.1 Å². The van der Waals surface area contributed by atoms with Gasteiger partial charge in [-0.05, 0) is 56.4 Å². The molecule has 4 aliphatic rings. The maximum atomic E-state index is 13.4. The number of ketones is 2. The zero-order valence-corrected chi connectivity index (χ0v) is 20.1. The molecule has 1 aromatic rings. The second-order valence-electron chi connectivity index (χ2n) is 9.37. The molecule has 1 fully saturated rings. The SMILES string of the molecule is CCOc1cc([C@H]2C3=CC[C@@H]4C(=O)N(C(=O)OC)C(=O)[C@@H]4[C@@H]3CC3=C2C(=O)C(C)=CC3=O)ccc1O. The maximum absolute atomic E-state index is 13.4. The van der Waals surface area contributed by atoms with Gasteiger partial charge in [0.25, 0.3) is 0 Å². The Labute approximate surface area is 207 Å². The fraction of sp³-hybridized carbons (Fsp3) is 0.370. The molecule has 186 valence electrons. The monoisotopic (exact) mass is 491 g/mol. The molecular formula is C27H25NO8. The number of aromatic hydroxyl groups is 1. The number of fused-ring (bicyclic) bond motifs is 3. The first-order chi connectivity index (χ1) is 17.2. The molecular weight excluding hydrogens is 466 g/mol. The van der Waals surface area contributed by atoms with E-state index in [1.54, 1.807) is 26.0 Å². The van der Waals surface area contributed by atoms with E-state index in [0.29, 0.717) is 33.8 Å². The number of likely N-dealkylation sites (tertiary alicyclic amines) is 1. The highest BCUT2D eigenvalue weighted by Gasteiger charge is 2.58. The van der Waals surface area contributed by atoms with E-state index in [4.69, 9.17) is 4.74 Å². The Balaban J connectivity index is 1.68. The van der Waals surface area contributed by atoms with Gasteiger partial charge in [-0.25, -0.2) is 4.79 Å². The lowest BCUT2D eigenvalue weighted by Crippen LogP contribution is -2.40. The molecule has 3 aliphatic carbocycles. The zero-order valence-electron chi connectivity index (χ0n) is 20.1. The molecule has 1 aromatic carbocycles. The lowest BCUT2D eigenvalue weighted by atomic mass is 9.59. The summed E-state index contributed by atoms with van der Waals surface area (Å²) in [6, 6.07) is 4.77. The Hall–Kier alpha value is -4.01. The van der Waals surface area contributed by atoms with Crippen molar-refractivity contribution in [2.45, 2.75) is 32.6 Å². The molecule has 1 heterocycles. The highest BCUT2D eigenvalue weighted by molar-refractivity contribution is 6.24. The van der Waals surface area contributed by atoms with Crippen LogP contribution in [0.4, 0.5) is 4.79 Å². The number of methoxy groups -OCH3 is 1. The first-order valence-corrected chi connectivity index (χ1v) is 11.8. The fourth-order valence-electron chi connectivity index (χ4n) is 5.99. The van der Waals surface area contributed by atoms with Crippen molar-refractivity contribution in [3.63, 3.8) is 0 Å². The summed E-state index contributed by atoms with van der Waals surface area (Å²) in [5.41, 5.74) is 2.34. The Kier molecular flexibility index (Phi) is 5.65. The minimum atomic E-state index is -1.03. The van der Waals surface area contributed by atoms with Gasteiger partial charge in [0.2, 0.25) is 11.8 Å². The van der Waals surface area contributed by atoms with Gasteiger partial charge >= 0.3 is 6.09 Å². The van der Waals surface area contributed by atoms with E-state index in [2.05, 4.69) is 4.74 Å². The van der Waals surface area contributed by atoms with E-state index >= 15 is 0 Å². The number of hydrogen-bond acceptors (Lipinski definition) is 8. The molecule has 3 amide bonds. The number of amides is 3. The van der Waals surface area contributed by atoms with Crippen molar-refractivity contribution in [3.05, 3.63) is 58.2 Å². The third-order valence-corrected chi connectivity index (χ3v) is 7.54. The summed E-state index contributed by atoms with van der Waals surface area (Å²) in [4.78, 5) is 65.6. The molecule has 0 saturated carbocycles. The van der Waals surface area contributed by atoms with Crippen LogP contribution in [-0.4, -0.2) is 53.2 Å². The summed E-state index contributed by atoms with van der Waals surface area (Å²) in [5.74, 6) is -4.50. The maximum Gasteiger partial charge on any atom is 0.423 e. The minimum Gasteiger partial charge on any atom is -0.504 e. The smallest absolute Gasteiger partial charge is 0.423 e. The molecule has 9 heteroatoms. The van der Waals surface area contributed by atoms with Gasteiger partial charge < -0.3 is 14.6 Å². The molecule has 0 spiro atoms. The van der Waals surface area contributed by atoms with Crippen LogP contribution in [0.25, 0.3) is 0 Å². The number of rotatable bonds is 3. The van der Waals surface area contributed by atoms with Gasteiger partial charge in [-0.2, -0.15) is 4.90 Å². The quantitative estimate of drug-likeness (QED) is 0.388. The number of nitrogens with zero attached hydrogens (tertiary/aromatic N) is 1. The van der Waals surface area contributed by atoms with Crippen molar-refractivity contribution in [1.82, 2.24) is 4.90 Å². The standard InChI is InChI=1S/C27H25NO8/c1-4-36-20-10-13(5-8-18(20)29)21-14-6-7-15-22(26(33)28(25(15)32)27(34)35-3)16(14)11-17-19(30)9-12(2)24(31)23(17)21/h5-6,8-10,15-16,21-22,29H,4,7,11H2,1-3H3/t15-,16+,21-,22-/m0/s1. The molecule has 0 aromatic heterocycles. The van der Waals surface area contributed by atoms with Crippen LogP contribution in [0.3, 0.4) is 0 Å². The third kappa shape index (κ3) is 3.33. The first kappa shape index (κ1) is 23.7. The zero-order chi connectivity index (χ0) is 25.9. The summed E-state index contributed by atoms with van der Waals surface area (Å²) in [5, 5.41) is 10.2. The van der Waals surface area contributed by atoms with Crippen molar-refractivity contribution < 1.29 is 38.6 Å². The molecule has 0 bridgehead atoms. The molecule has 4 atom stereocenters. The molecule has 1 aliphatic heterocycles. The number of hydrogen-bond donors (Lipinski definition) is 1. The number of carbonyl (C=O) groups excluding carboxylic acids is 5. The van der Waals surface area contributed by atoms with Crippen LogP contribution in [-0.2, 0) is 23.9 Å². The highest BCUT2D eigenvalue weighted by Crippen LogP contribution is 2.55. The second-order valence-corrected chi connectivity index (χ2v) is 9.37. The summed E-state index contributed by atoms with van der Waals surface area (Å²) < 4.78 is 10.2. The number of allylic oxidation sites excluding steroid dienone is 6. The van der Waals surface area contributed by atoms with Gasteiger partial charge in [0, 0.05) is 22.6 Å². The summed E-state index contributed by atoms with van der Waals surface area (Å²) >= 11 is 0. The number of imide groups is 3. The van der Waals surface area contributed by atoms with E-state index in [-0.39, 0.29) is 35.9 Å². The number of benzene rings is 1. The van der Waals surface area contributed by atoms with Gasteiger partial charge in [-0.15, -0.1) is 0 Å². The van der Waals surface area contributed by atoms with Crippen molar-refractivity contribution >= 4 is 29.5 Å². The Bertz CT molecular complexity index is 1330. The van der Waals surface area contributed by atoms with Gasteiger partial charge in [-0.1, -0.05) is 17.7 Å². The van der Waals surface area contributed by atoms with Crippen molar-refractivity contribution in [3.8, 4) is 11.5 Å². The number of phenolic OH excluding ortho intramolecular Hbond substituents is 1. The van der Waals surface area contributed by atoms with Crippen LogP contribution in [0.15, 0.2) is 52.6 Å². The van der Waals surface area contributed by atoms with Crippen molar-refractivity contribution in [2.75, 3.05) is 13.7 Å². The summed E-state index contributed by atoms with van der Waals surface area (Å²) in [6.07, 6.45) is 2.44. The van der Waals surface area contributed by atoms with E-state index in [1.807, 2.05) is 6.08 Å². The van der Waals surface area contributed by atoms with Crippen molar-refractivity contribution in [2.24, 2.45) is 17.8 Å². The van der Waals surface area contributed by atoms with Crippen LogP contribution in [0.1, 0.15) is 38.2 Å². The van der Waals surface area contributed by atoms with Gasteiger partial charge in [0.05, 0.1) is 25.6 Å². The van der Waals surface area contributed by atoms with E-state index < -0.39 is 41.6 Å². The van der Waals surface area contributed by atoms with Crippen LogP contribution in [0, 0.1) is 17.8 Å². The van der Waals surface area contributed by atoms with E-state index in [9.17, 15) is 29.1 Å². The summed E-state index contributed by atoms with van der Waals surface area (Å²) in [6.45, 7) is 3.68. The molecule has 5 rings (SSSR count). The Morgan fingerprint density at radius 2 is 1.89 bits per heavy atom. The lowest BCUT2D eigenvalue weighted by molar-refractivity contribution is -0.137. The van der Waals surface area contributed by atoms with E-state index in [1.165, 1.54) is 12.1 Å².